The van der Waals surface area contributed by atoms with E-state index in [0.29, 0.717) is 5.82 Å². The maximum absolute atomic E-state index is 9.45. The lowest BCUT2D eigenvalue weighted by Crippen LogP contribution is -2.14. The Bertz CT molecular complexity index is 575. The zero-order valence-electron chi connectivity index (χ0n) is 10.8. The van der Waals surface area contributed by atoms with Crippen molar-refractivity contribution in [2.75, 3.05) is 19.1 Å². The molecule has 0 saturated carbocycles. The summed E-state index contributed by atoms with van der Waals surface area (Å²) in [7, 11) is 3.53. The van der Waals surface area contributed by atoms with Crippen LogP contribution in [0, 0.1) is 0 Å². The van der Waals surface area contributed by atoms with E-state index in [1.54, 1.807) is 13.3 Å². The molecular formula is C14H15BrN2O2. The van der Waals surface area contributed by atoms with E-state index in [9.17, 15) is 5.11 Å². The van der Waals surface area contributed by atoms with Crippen molar-refractivity contribution in [2.24, 2.45) is 0 Å². The van der Waals surface area contributed by atoms with Gasteiger partial charge in [0.05, 0.1) is 19.4 Å². The molecule has 1 aromatic heterocycles. The van der Waals surface area contributed by atoms with Gasteiger partial charge in [-0.05, 0) is 34.1 Å². The van der Waals surface area contributed by atoms with Gasteiger partial charge < -0.3 is 14.7 Å². The molecule has 0 atom stereocenters. The van der Waals surface area contributed by atoms with Crippen molar-refractivity contribution in [1.29, 1.82) is 0 Å². The number of methoxy groups -OCH3 is 1. The minimum absolute atomic E-state index is 0.0682. The Balaban J connectivity index is 2.46. The van der Waals surface area contributed by atoms with Gasteiger partial charge in [0.2, 0.25) is 0 Å². The Hall–Kier alpha value is -1.59. The summed E-state index contributed by atoms with van der Waals surface area (Å²) in [6, 6.07) is 9.55. The van der Waals surface area contributed by atoms with Crippen LogP contribution in [-0.2, 0) is 6.61 Å². The molecule has 1 heterocycles. The van der Waals surface area contributed by atoms with Gasteiger partial charge in [-0.2, -0.15) is 0 Å². The molecule has 0 bridgehead atoms. The molecule has 0 unspecified atom stereocenters. The molecule has 0 fully saturated rings. The summed E-state index contributed by atoms with van der Waals surface area (Å²) in [5.41, 5.74) is 1.65. The normalized spacial score (nSPS) is 10.3. The fourth-order valence-electron chi connectivity index (χ4n) is 1.91. The quantitative estimate of drug-likeness (QED) is 0.939. The zero-order chi connectivity index (χ0) is 13.8. The third-order valence-electron chi connectivity index (χ3n) is 2.84. The number of hydrogen-bond donors (Lipinski definition) is 1. The van der Waals surface area contributed by atoms with Crippen LogP contribution in [0.2, 0.25) is 0 Å². The molecule has 1 aromatic carbocycles. The van der Waals surface area contributed by atoms with Gasteiger partial charge in [-0.1, -0.05) is 12.1 Å². The van der Waals surface area contributed by atoms with Crippen molar-refractivity contribution in [2.45, 2.75) is 6.61 Å². The lowest BCUT2D eigenvalue weighted by molar-refractivity contribution is 0.281. The topological polar surface area (TPSA) is 45.6 Å². The highest BCUT2D eigenvalue weighted by Gasteiger charge is 2.14. The van der Waals surface area contributed by atoms with Crippen molar-refractivity contribution in [3.63, 3.8) is 0 Å². The van der Waals surface area contributed by atoms with Crippen LogP contribution in [0.3, 0.4) is 0 Å². The molecule has 100 valence electrons. The second kappa shape index (κ2) is 6.04. The number of aliphatic hydroxyl groups is 1. The lowest BCUT2D eigenvalue weighted by Gasteiger charge is -2.22. The smallest absolute Gasteiger partial charge is 0.142 e. The second-order valence-corrected chi connectivity index (χ2v) is 4.94. The largest absolute Gasteiger partial charge is 0.495 e. The first-order valence-corrected chi connectivity index (χ1v) is 6.58. The number of hydrogen-bond acceptors (Lipinski definition) is 4. The van der Waals surface area contributed by atoms with Crippen LogP contribution in [0.15, 0.2) is 41.0 Å². The van der Waals surface area contributed by atoms with E-state index >= 15 is 0 Å². The Labute approximate surface area is 120 Å². The molecule has 5 heteroatoms. The van der Waals surface area contributed by atoms with Crippen molar-refractivity contribution in [3.05, 3.63) is 46.6 Å². The summed E-state index contributed by atoms with van der Waals surface area (Å²) >= 11 is 3.35. The van der Waals surface area contributed by atoms with Gasteiger partial charge in [0.1, 0.15) is 11.6 Å². The number of benzene rings is 1. The minimum atomic E-state index is -0.0682. The van der Waals surface area contributed by atoms with Gasteiger partial charge in [0.15, 0.2) is 0 Å². The number of rotatable bonds is 4. The average molecular weight is 323 g/mol. The Morgan fingerprint density at radius 2 is 2.11 bits per heavy atom. The van der Waals surface area contributed by atoms with E-state index in [1.165, 1.54) is 0 Å². The third-order valence-corrected chi connectivity index (χ3v) is 3.28. The molecule has 0 aliphatic rings. The van der Waals surface area contributed by atoms with Crippen LogP contribution in [0.5, 0.6) is 5.75 Å². The summed E-state index contributed by atoms with van der Waals surface area (Å²) in [4.78, 5) is 6.26. The maximum atomic E-state index is 9.45. The fourth-order valence-corrected chi connectivity index (χ4v) is 2.29. The van der Waals surface area contributed by atoms with Crippen LogP contribution in [-0.4, -0.2) is 24.2 Å². The van der Waals surface area contributed by atoms with E-state index in [-0.39, 0.29) is 6.61 Å². The Morgan fingerprint density at radius 1 is 1.37 bits per heavy atom. The minimum Gasteiger partial charge on any atom is -0.495 e. The zero-order valence-corrected chi connectivity index (χ0v) is 12.4. The number of para-hydroxylation sites is 2. The number of pyridine rings is 1. The molecule has 0 aliphatic heterocycles. The number of halogens is 1. The van der Waals surface area contributed by atoms with Crippen LogP contribution in [0.25, 0.3) is 0 Å². The van der Waals surface area contributed by atoms with Gasteiger partial charge in [0.25, 0.3) is 0 Å². The van der Waals surface area contributed by atoms with E-state index < -0.39 is 0 Å². The standard InChI is InChI=1S/C14H15BrN2O2/c1-17(12-5-3-4-6-13(12)19-2)14-10(9-18)7-11(15)8-16-14/h3-8,18H,9H2,1-2H3. The highest BCUT2D eigenvalue weighted by Crippen LogP contribution is 2.33. The molecule has 0 aliphatic carbocycles. The van der Waals surface area contributed by atoms with Crippen LogP contribution < -0.4 is 9.64 Å². The fraction of sp³-hybridized carbons (Fsp3) is 0.214. The van der Waals surface area contributed by atoms with Gasteiger partial charge in [-0.3, -0.25) is 0 Å². The molecule has 0 spiro atoms. The van der Waals surface area contributed by atoms with Crippen molar-refractivity contribution in [1.82, 2.24) is 4.98 Å². The van der Waals surface area contributed by atoms with Crippen molar-refractivity contribution < 1.29 is 9.84 Å². The molecule has 2 rings (SSSR count). The first-order chi connectivity index (χ1) is 9.17. The molecule has 0 saturated heterocycles. The van der Waals surface area contributed by atoms with Gasteiger partial charge >= 0.3 is 0 Å². The Kier molecular flexibility index (Phi) is 4.39. The molecular weight excluding hydrogens is 308 g/mol. The van der Waals surface area contributed by atoms with Crippen LogP contribution >= 0.6 is 15.9 Å². The third kappa shape index (κ3) is 2.88. The molecule has 4 nitrogen and oxygen atoms in total. The SMILES string of the molecule is COc1ccccc1N(C)c1ncc(Br)cc1CO. The number of nitrogens with zero attached hydrogens (tertiary/aromatic N) is 2. The second-order valence-electron chi connectivity index (χ2n) is 4.03. The first kappa shape index (κ1) is 13.8. The molecule has 19 heavy (non-hydrogen) atoms. The van der Waals surface area contributed by atoms with E-state index in [4.69, 9.17) is 4.74 Å². The number of anilines is 2. The Morgan fingerprint density at radius 3 is 2.79 bits per heavy atom. The monoisotopic (exact) mass is 322 g/mol. The average Bonchev–Trinajstić information content (AvgIpc) is 2.46. The highest BCUT2D eigenvalue weighted by molar-refractivity contribution is 9.10. The number of aromatic nitrogens is 1. The molecule has 0 radical (unpaired) electrons. The van der Waals surface area contributed by atoms with Crippen LogP contribution in [0.1, 0.15) is 5.56 Å². The number of aliphatic hydroxyl groups excluding tert-OH is 1. The lowest BCUT2D eigenvalue weighted by atomic mass is 10.2. The molecule has 2 aromatic rings. The highest BCUT2D eigenvalue weighted by atomic mass is 79.9. The summed E-state index contributed by atoms with van der Waals surface area (Å²) in [6.45, 7) is -0.0682. The predicted octanol–water partition coefficient (Wildman–Crippen LogP) is 3.11. The van der Waals surface area contributed by atoms with E-state index in [0.717, 1.165) is 21.5 Å². The van der Waals surface area contributed by atoms with Gasteiger partial charge in [-0.15, -0.1) is 0 Å². The summed E-state index contributed by atoms with van der Waals surface area (Å²) in [5.74, 6) is 1.47. The molecule has 1 N–H and O–H groups in total. The van der Waals surface area contributed by atoms with E-state index in [1.807, 2.05) is 42.3 Å². The first-order valence-electron chi connectivity index (χ1n) is 5.79. The molecule has 0 amide bonds. The van der Waals surface area contributed by atoms with Crippen LogP contribution in [0.4, 0.5) is 11.5 Å². The van der Waals surface area contributed by atoms with Crippen molar-refractivity contribution in [3.8, 4) is 5.75 Å². The predicted molar refractivity (Wildman–Crippen MR) is 78.9 cm³/mol. The van der Waals surface area contributed by atoms with Gasteiger partial charge in [-0.25, -0.2) is 4.98 Å². The van der Waals surface area contributed by atoms with Crippen molar-refractivity contribution >= 4 is 27.4 Å². The summed E-state index contributed by atoms with van der Waals surface area (Å²) in [6.07, 6.45) is 1.71. The maximum Gasteiger partial charge on any atom is 0.142 e. The summed E-state index contributed by atoms with van der Waals surface area (Å²) in [5, 5.41) is 9.45. The summed E-state index contributed by atoms with van der Waals surface area (Å²) < 4.78 is 6.19. The number of ether oxygens (including phenoxy) is 1. The van der Waals surface area contributed by atoms with Gasteiger partial charge in [0, 0.05) is 23.3 Å². The van der Waals surface area contributed by atoms with E-state index in [2.05, 4.69) is 20.9 Å².